The Balaban J connectivity index is 1.97. The normalized spacial score (nSPS) is 12.3. The molecule has 0 aliphatic heterocycles. The zero-order chi connectivity index (χ0) is 14.5. The first-order valence-corrected chi connectivity index (χ1v) is 7.49. The maximum Gasteiger partial charge on any atom is 0.160 e. The molecule has 5 heteroatoms. The third-order valence-corrected chi connectivity index (χ3v) is 4.47. The van der Waals surface area contributed by atoms with Crippen molar-refractivity contribution in [3.8, 4) is 11.5 Å². The number of rotatable bonds is 6. The van der Waals surface area contributed by atoms with Crippen molar-refractivity contribution >= 4 is 11.3 Å². The number of hydrogen-bond acceptors (Lipinski definition) is 5. The second-order valence-corrected chi connectivity index (χ2v) is 5.77. The number of phenols is 1. The van der Waals surface area contributed by atoms with Crippen LogP contribution in [0.15, 0.2) is 24.4 Å². The minimum Gasteiger partial charge on any atom is -0.504 e. The first kappa shape index (κ1) is 14.8. The van der Waals surface area contributed by atoms with Crippen molar-refractivity contribution in [2.24, 2.45) is 0 Å². The van der Waals surface area contributed by atoms with Crippen LogP contribution < -0.4 is 10.1 Å². The Morgan fingerprint density at radius 2 is 2.25 bits per heavy atom. The molecule has 1 aromatic heterocycles. The van der Waals surface area contributed by atoms with E-state index in [-0.39, 0.29) is 11.8 Å². The maximum atomic E-state index is 9.57. The van der Waals surface area contributed by atoms with E-state index in [1.807, 2.05) is 18.3 Å². The largest absolute Gasteiger partial charge is 0.504 e. The van der Waals surface area contributed by atoms with Gasteiger partial charge in [-0.3, -0.25) is 0 Å². The van der Waals surface area contributed by atoms with Gasteiger partial charge in [0.15, 0.2) is 11.5 Å². The van der Waals surface area contributed by atoms with Gasteiger partial charge < -0.3 is 15.2 Å². The first-order valence-electron chi connectivity index (χ1n) is 6.68. The lowest BCUT2D eigenvalue weighted by Crippen LogP contribution is -2.17. The van der Waals surface area contributed by atoms with Crippen molar-refractivity contribution < 1.29 is 9.84 Å². The van der Waals surface area contributed by atoms with E-state index in [4.69, 9.17) is 4.74 Å². The van der Waals surface area contributed by atoms with Crippen LogP contribution in [0.1, 0.15) is 35.3 Å². The number of aromatic nitrogens is 1. The zero-order valence-corrected chi connectivity index (χ0v) is 12.8. The van der Waals surface area contributed by atoms with Gasteiger partial charge in [0.25, 0.3) is 0 Å². The Kier molecular flexibility index (Phi) is 4.98. The average molecular weight is 292 g/mol. The number of aryl methyl sites for hydroxylation is 1. The van der Waals surface area contributed by atoms with Crippen LogP contribution in [0, 0.1) is 0 Å². The number of nitrogens with zero attached hydrogens (tertiary/aromatic N) is 1. The van der Waals surface area contributed by atoms with Crippen LogP contribution >= 0.6 is 11.3 Å². The van der Waals surface area contributed by atoms with Gasteiger partial charge in [-0.05, 0) is 31.0 Å². The number of ether oxygens (including phenoxy) is 1. The van der Waals surface area contributed by atoms with Gasteiger partial charge in [0.05, 0.1) is 13.2 Å². The molecule has 0 saturated carbocycles. The molecule has 0 aliphatic rings. The summed E-state index contributed by atoms with van der Waals surface area (Å²) >= 11 is 1.75. The summed E-state index contributed by atoms with van der Waals surface area (Å²) in [6, 6.07) is 5.59. The Bertz CT molecular complexity index is 569. The quantitative estimate of drug-likeness (QED) is 0.858. The topological polar surface area (TPSA) is 54.4 Å². The number of methoxy groups -OCH3 is 1. The molecule has 0 fully saturated rings. The summed E-state index contributed by atoms with van der Waals surface area (Å²) < 4.78 is 5.11. The summed E-state index contributed by atoms with van der Waals surface area (Å²) in [5.74, 6) is 0.663. The average Bonchev–Trinajstić information content (AvgIpc) is 2.95. The summed E-state index contributed by atoms with van der Waals surface area (Å²) in [5.41, 5.74) is 1.07. The number of thiazole rings is 1. The summed E-state index contributed by atoms with van der Waals surface area (Å²) in [6.45, 7) is 4.95. The molecule has 0 spiro atoms. The molecule has 0 radical (unpaired) electrons. The first-order chi connectivity index (χ1) is 9.63. The fraction of sp³-hybridized carbons (Fsp3) is 0.400. The molecule has 0 bridgehead atoms. The highest BCUT2D eigenvalue weighted by Gasteiger charge is 2.10. The van der Waals surface area contributed by atoms with E-state index in [0.717, 1.165) is 17.0 Å². The summed E-state index contributed by atoms with van der Waals surface area (Å²) in [5, 5.41) is 14.1. The van der Waals surface area contributed by atoms with E-state index in [1.54, 1.807) is 24.5 Å². The molecule has 1 aromatic carbocycles. The molecule has 2 aromatic rings. The van der Waals surface area contributed by atoms with Crippen LogP contribution in [-0.4, -0.2) is 17.2 Å². The lowest BCUT2D eigenvalue weighted by atomic mass is 10.2. The third kappa shape index (κ3) is 3.49. The smallest absolute Gasteiger partial charge is 0.160 e. The Labute approximate surface area is 123 Å². The molecule has 20 heavy (non-hydrogen) atoms. The molecule has 4 nitrogen and oxygen atoms in total. The molecule has 1 atom stereocenters. The zero-order valence-electron chi connectivity index (χ0n) is 12.0. The Morgan fingerprint density at radius 3 is 2.90 bits per heavy atom. The summed E-state index contributed by atoms with van der Waals surface area (Å²) in [7, 11) is 1.55. The number of benzene rings is 1. The standard InChI is InChI=1S/C15H20N2O2S/c1-4-12-9-17-15(20-12)10(2)16-8-11-5-6-13(18)14(7-11)19-3/h5-7,9-10,16,18H,4,8H2,1-3H3. The van der Waals surface area contributed by atoms with Gasteiger partial charge >= 0.3 is 0 Å². The van der Waals surface area contributed by atoms with Gasteiger partial charge in [-0.25, -0.2) is 4.98 Å². The summed E-state index contributed by atoms with van der Waals surface area (Å²) in [6.07, 6.45) is 2.97. The fourth-order valence-electron chi connectivity index (χ4n) is 1.88. The number of aromatic hydroxyl groups is 1. The van der Waals surface area contributed by atoms with Crippen molar-refractivity contribution in [2.75, 3.05) is 7.11 Å². The fourth-order valence-corrected chi connectivity index (χ4v) is 2.76. The van der Waals surface area contributed by atoms with Crippen LogP contribution in [0.25, 0.3) is 0 Å². The van der Waals surface area contributed by atoms with E-state index in [1.165, 1.54) is 4.88 Å². The highest BCUT2D eigenvalue weighted by atomic mass is 32.1. The lowest BCUT2D eigenvalue weighted by Gasteiger charge is -2.12. The second-order valence-electron chi connectivity index (χ2n) is 4.63. The van der Waals surface area contributed by atoms with Crippen LogP contribution in [0.3, 0.4) is 0 Å². The number of phenolic OH excluding ortho intramolecular Hbond substituents is 1. The number of hydrogen-bond donors (Lipinski definition) is 2. The molecular weight excluding hydrogens is 272 g/mol. The van der Waals surface area contributed by atoms with Crippen LogP contribution in [0.2, 0.25) is 0 Å². The van der Waals surface area contributed by atoms with Gasteiger partial charge in [-0.15, -0.1) is 11.3 Å². The number of nitrogens with one attached hydrogen (secondary N) is 1. The minimum absolute atomic E-state index is 0.164. The highest BCUT2D eigenvalue weighted by Crippen LogP contribution is 2.26. The van der Waals surface area contributed by atoms with Gasteiger partial charge in [0.2, 0.25) is 0 Å². The Morgan fingerprint density at radius 1 is 1.45 bits per heavy atom. The van der Waals surface area contributed by atoms with Crippen LogP contribution in [0.5, 0.6) is 11.5 Å². The SMILES string of the molecule is CCc1cnc(C(C)NCc2ccc(O)c(OC)c2)s1. The third-order valence-electron chi connectivity index (χ3n) is 3.15. The molecular formula is C15H20N2O2S. The van der Waals surface area contributed by atoms with E-state index < -0.39 is 0 Å². The lowest BCUT2D eigenvalue weighted by molar-refractivity contribution is 0.372. The van der Waals surface area contributed by atoms with E-state index in [2.05, 4.69) is 24.1 Å². The van der Waals surface area contributed by atoms with Gasteiger partial charge in [-0.2, -0.15) is 0 Å². The van der Waals surface area contributed by atoms with Gasteiger partial charge in [0, 0.05) is 17.6 Å². The van der Waals surface area contributed by atoms with E-state index >= 15 is 0 Å². The molecule has 0 aliphatic carbocycles. The van der Waals surface area contributed by atoms with Crippen molar-refractivity contribution in [1.29, 1.82) is 0 Å². The maximum absolute atomic E-state index is 9.57. The van der Waals surface area contributed by atoms with Crippen molar-refractivity contribution in [3.63, 3.8) is 0 Å². The Hall–Kier alpha value is -1.59. The highest BCUT2D eigenvalue weighted by molar-refractivity contribution is 7.11. The second kappa shape index (κ2) is 6.72. The molecule has 0 amide bonds. The van der Waals surface area contributed by atoms with E-state index in [0.29, 0.717) is 12.3 Å². The summed E-state index contributed by atoms with van der Waals surface area (Å²) in [4.78, 5) is 5.74. The molecule has 108 valence electrons. The molecule has 0 saturated heterocycles. The van der Waals surface area contributed by atoms with Crippen molar-refractivity contribution in [1.82, 2.24) is 10.3 Å². The van der Waals surface area contributed by atoms with Gasteiger partial charge in [-0.1, -0.05) is 13.0 Å². The molecule has 1 unspecified atom stereocenters. The predicted octanol–water partition coefficient (Wildman–Crippen LogP) is 3.27. The minimum atomic E-state index is 0.164. The van der Waals surface area contributed by atoms with Crippen molar-refractivity contribution in [3.05, 3.63) is 39.8 Å². The molecule has 2 N–H and O–H groups in total. The predicted molar refractivity (Wildman–Crippen MR) is 81.4 cm³/mol. The van der Waals surface area contributed by atoms with Crippen molar-refractivity contribution in [2.45, 2.75) is 32.9 Å². The van der Waals surface area contributed by atoms with Gasteiger partial charge in [0.1, 0.15) is 5.01 Å². The monoisotopic (exact) mass is 292 g/mol. The molecule has 1 heterocycles. The van der Waals surface area contributed by atoms with Crippen LogP contribution in [-0.2, 0) is 13.0 Å². The van der Waals surface area contributed by atoms with E-state index in [9.17, 15) is 5.11 Å². The van der Waals surface area contributed by atoms with Crippen LogP contribution in [0.4, 0.5) is 0 Å². The molecule has 2 rings (SSSR count).